The maximum Gasteiger partial charge on any atom is 0.338 e. The Bertz CT molecular complexity index is 1230. The third-order valence-electron chi connectivity index (χ3n) is 7.25. The molecule has 4 rings (SSSR count). The van der Waals surface area contributed by atoms with Crippen LogP contribution in [-0.2, 0) is 9.53 Å². The Labute approximate surface area is 224 Å². The van der Waals surface area contributed by atoms with Crippen molar-refractivity contribution in [2.75, 3.05) is 46.9 Å². The molecule has 2 aromatic carbocycles. The highest BCUT2D eigenvalue weighted by Gasteiger charge is 2.39. The molecular formula is C29H36N4O5. The highest BCUT2D eigenvalue weighted by molar-refractivity contribution is 5.95. The molecule has 0 saturated carbocycles. The number of aryl methyl sites for hydroxylation is 1. The number of esters is 1. The Hall–Kier alpha value is -3.85. The van der Waals surface area contributed by atoms with E-state index in [1.165, 1.54) is 4.90 Å². The van der Waals surface area contributed by atoms with E-state index in [4.69, 9.17) is 9.47 Å². The number of carbonyl (C=O) groups excluding carboxylic acids is 3. The van der Waals surface area contributed by atoms with Crippen LogP contribution in [0.4, 0.5) is 4.79 Å². The molecule has 2 heterocycles. The van der Waals surface area contributed by atoms with Crippen LogP contribution in [0.5, 0.6) is 5.75 Å². The first-order chi connectivity index (χ1) is 18.2. The second kappa shape index (κ2) is 11.7. The van der Waals surface area contributed by atoms with Crippen molar-refractivity contribution in [2.24, 2.45) is 0 Å². The van der Waals surface area contributed by atoms with Gasteiger partial charge in [-0.25, -0.2) is 9.59 Å². The summed E-state index contributed by atoms with van der Waals surface area (Å²) >= 11 is 0. The highest BCUT2D eigenvalue weighted by Crippen LogP contribution is 2.33. The summed E-state index contributed by atoms with van der Waals surface area (Å²) in [6.07, 6.45) is 0. The molecule has 2 aliphatic heterocycles. The zero-order valence-corrected chi connectivity index (χ0v) is 22.7. The van der Waals surface area contributed by atoms with Gasteiger partial charge in [-0.1, -0.05) is 24.3 Å². The van der Waals surface area contributed by atoms with E-state index in [1.807, 2.05) is 43.0 Å². The summed E-state index contributed by atoms with van der Waals surface area (Å²) < 4.78 is 10.7. The van der Waals surface area contributed by atoms with Crippen molar-refractivity contribution in [1.29, 1.82) is 0 Å². The quantitative estimate of drug-likeness (QED) is 0.563. The van der Waals surface area contributed by atoms with Crippen LogP contribution in [0.1, 0.15) is 41.4 Å². The van der Waals surface area contributed by atoms with Crippen LogP contribution < -0.4 is 10.1 Å². The molecule has 0 aromatic heterocycles. The van der Waals surface area contributed by atoms with E-state index >= 15 is 0 Å². The minimum Gasteiger partial charge on any atom is -0.497 e. The third kappa shape index (κ3) is 5.52. The van der Waals surface area contributed by atoms with Crippen molar-refractivity contribution in [2.45, 2.75) is 32.9 Å². The summed E-state index contributed by atoms with van der Waals surface area (Å²) in [6.45, 7) is 8.11. The van der Waals surface area contributed by atoms with Crippen molar-refractivity contribution >= 4 is 17.9 Å². The van der Waals surface area contributed by atoms with Crippen LogP contribution in [0.25, 0.3) is 0 Å². The number of nitrogens with zero attached hydrogens (tertiary/aromatic N) is 3. The Morgan fingerprint density at radius 2 is 1.79 bits per heavy atom. The van der Waals surface area contributed by atoms with Crippen molar-refractivity contribution in [3.63, 3.8) is 0 Å². The topological polar surface area (TPSA) is 91.4 Å². The molecule has 2 atom stereocenters. The van der Waals surface area contributed by atoms with Gasteiger partial charge in [-0.2, -0.15) is 0 Å². The van der Waals surface area contributed by atoms with Gasteiger partial charge in [-0.05, 0) is 56.2 Å². The van der Waals surface area contributed by atoms with Gasteiger partial charge in [0.05, 0.1) is 25.3 Å². The van der Waals surface area contributed by atoms with Crippen molar-refractivity contribution in [3.05, 3.63) is 76.5 Å². The summed E-state index contributed by atoms with van der Waals surface area (Å²) in [5, 5.41) is 2.98. The minimum absolute atomic E-state index is 0.0278. The van der Waals surface area contributed by atoms with Gasteiger partial charge in [0.15, 0.2) is 0 Å². The molecule has 38 heavy (non-hydrogen) atoms. The molecule has 0 unspecified atom stereocenters. The van der Waals surface area contributed by atoms with Gasteiger partial charge in [-0.3, -0.25) is 14.6 Å². The van der Waals surface area contributed by atoms with E-state index in [-0.39, 0.29) is 24.6 Å². The lowest BCUT2D eigenvalue weighted by Crippen LogP contribution is -2.56. The molecule has 3 amide bonds. The van der Waals surface area contributed by atoms with Crippen molar-refractivity contribution in [1.82, 2.24) is 20.0 Å². The number of urea groups is 1. The Morgan fingerprint density at radius 3 is 2.42 bits per heavy atom. The average Bonchev–Trinajstić information content (AvgIpc) is 2.91. The summed E-state index contributed by atoms with van der Waals surface area (Å²) in [4.78, 5) is 45.0. The first-order valence-corrected chi connectivity index (χ1v) is 12.9. The summed E-state index contributed by atoms with van der Waals surface area (Å²) in [5.41, 5.74) is 3.50. The van der Waals surface area contributed by atoms with E-state index in [2.05, 4.69) is 10.2 Å². The number of benzene rings is 2. The number of hydrogen-bond acceptors (Lipinski definition) is 6. The largest absolute Gasteiger partial charge is 0.497 e. The fraction of sp³-hybridized carbons (Fsp3) is 0.414. The summed E-state index contributed by atoms with van der Waals surface area (Å²) in [7, 11) is 3.27. The smallest absolute Gasteiger partial charge is 0.338 e. The highest BCUT2D eigenvalue weighted by atomic mass is 16.5. The summed E-state index contributed by atoms with van der Waals surface area (Å²) in [5.74, 6) is 0.235. The number of ether oxygens (including phenoxy) is 2. The molecule has 0 aliphatic carbocycles. The Kier molecular flexibility index (Phi) is 8.36. The predicted molar refractivity (Wildman–Crippen MR) is 144 cm³/mol. The van der Waals surface area contributed by atoms with Crippen LogP contribution in [0, 0.1) is 6.92 Å². The molecule has 2 aliphatic rings. The van der Waals surface area contributed by atoms with Gasteiger partial charge >= 0.3 is 12.0 Å². The summed E-state index contributed by atoms with van der Waals surface area (Å²) in [6, 6.07) is 13.9. The monoisotopic (exact) mass is 520 g/mol. The molecule has 0 radical (unpaired) electrons. The van der Waals surface area contributed by atoms with Crippen molar-refractivity contribution < 1.29 is 23.9 Å². The molecule has 0 spiro atoms. The van der Waals surface area contributed by atoms with E-state index in [0.717, 1.165) is 11.1 Å². The number of amides is 3. The third-order valence-corrected chi connectivity index (χ3v) is 7.25. The average molecular weight is 521 g/mol. The first kappa shape index (κ1) is 27.2. The number of carbonyl (C=O) groups is 3. The maximum atomic E-state index is 13.3. The van der Waals surface area contributed by atoms with Gasteiger partial charge in [0, 0.05) is 50.5 Å². The zero-order valence-electron chi connectivity index (χ0n) is 22.7. The molecular weight excluding hydrogens is 484 g/mol. The van der Waals surface area contributed by atoms with Crippen LogP contribution in [0.15, 0.2) is 59.8 Å². The number of likely N-dealkylation sites (N-methyl/N-ethyl adjacent to an activating group) is 1. The fourth-order valence-electron chi connectivity index (χ4n) is 5.13. The SMILES string of the molecule is CCOC(=O)C1=C(CN2CCN(C(=O)c3ccc(OC)cc3)[C@H](C)C2)N(C)C(=O)N[C@H]1c1ccccc1C. The number of nitrogens with one attached hydrogen (secondary N) is 1. The van der Waals surface area contributed by atoms with Gasteiger partial charge in [0.1, 0.15) is 5.75 Å². The number of methoxy groups -OCH3 is 1. The molecule has 0 bridgehead atoms. The number of piperazine rings is 1. The molecule has 1 saturated heterocycles. The fourth-order valence-corrected chi connectivity index (χ4v) is 5.13. The van der Waals surface area contributed by atoms with E-state index in [9.17, 15) is 14.4 Å². The minimum atomic E-state index is -0.607. The second-order valence-corrected chi connectivity index (χ2v) is 9.69. The number of rotatable bonds is 7. The van der Waals surface area contributed by atoms with Crippen LogP contribution in [-0.4, -0.2) is 85.6 Å². The Morgan fingerprint density at radius 1 is 1.08 bits per heavy atom. The molecule has 1 N–H and O–H groups in total. The maximum absolute atomic E-state index is 13.3. The van der Waals surface area contributed by atoms with E-state index < -0.39 is 12.0 Å². The lowest BCUT2D eigenvalue weighted by Gasteiger charge is -2.42. The lowest BCUT2D eigenvalue weighted by atomic mass is 9.91. The molecule has 2 aromatic rings. The lowest BCUT2D eigenvalue weighted by molar-refractivity contribution is -0.139. The first-order valence-electron chi connectivity index (χ1n) is 12.9. The van der Waals surface area contributed by atoms with Crippen LogP contribution in [0.3, 0.4) is 0 Å². The molecule has 202 valence electrons. The van der Waals surface area contributed by atoms with Gasteiger partial charge < -0.3 is 19.7 Å². The van der Waals surface area contributed by atoms with E-state index in [1.54, 1.807) is 45.3 Å². The standard InChI is InChI=1S/C29H36N4O5/c1-6-38-28(35)25-24(31(4)29(36)30-26(25)23-10-8-7-9-19(23)2)18-32-15-16-33(20(3)17-32)27(34)21-11-13-22(37-5)14-12-21/h7-14,20,26H,6,15-18H2,1-5H3,(H,30,36)/t20-,26+/m1/s1. The second-order valence-electron chi connectivity index (χ2n) is 9.69. The molecule has 9 heteroatoms. The molecule has 9 nitrogen and oxygen atoms in total. The number of hydrogen-bond donors (Lipinski definition) is 1. The zero-order chi connectivity index (χ0) is 27.4. The normalized spacial score (nSPS) is 20.3. The van der Waals surface area contributed by atoms with Gasteiger partial charge in [-0.15, -0.1) is 0 Å². The van der Waals surface area contributed by atoms with Gasteiger partial charge in [0.25, 0.3) is 5.91 Å². The van der Waals surface area contributed by atoms with Crippen molar-refractivity contribution in [3.8, 4) is 5.75 Å². The van der Waals surface area contributed by atoms with Gasteiger partial charge in [0.2, 0.25) is 0 Å². The predicted octanol–water partition coefficient (Wildman–Crippen LogP) is 3.36. The molecule has 1 fully saturated rings. The van der Waals surface area contributed by atoms with Crippen LogP contribution >= 0.6 is 0 Å². The van der Waals surface area contributed by atoms with Crippen LogP contribution in [0.2, 0.25) is 0 Å². The van der Waals surface area contributed by atoms with E-state index in [0.29, 0.717) is 48.8 Å². The Balaban J connectivity index is 1.59.